The van der Waals surface area contributed by atoms with Crippen LogP contribution in [0.25, 0.3) is 0 Å². The third kappa shape index (κ3) is 3.96. The average Bonchev–Trinajstić information content (AvgIpc) is 2.82. The van der Waals surface area contributed by atoms with Crippen LogP contribution in [0.15, 0.2) is 22.7 Å². The van der Waals surface area contributed by atoms with Crippen molar-refractivity contribution >= 4 is 0 Å². The molecule has 0 bridgehead atoms. The van der Waals surface area contributed by atoms with Gasteiger partial charge in [-0.3, -0.25) is 4.68 Å². The van der Waals surface area contributed by atoms with E-state index in [0.29, 0.717) is 6.54 Å². The number of furan rings is 1. The second-order valence-electron chi connectivity index (χ2n) is 6.05. The zero-order valence-corrected chi connectivity index (χ0v) is 12.4. The molecule has 0 spiro atoms. The minimum Gasteiger partial charge on any atom is -0.464 e. The summed E-state index contributed by atoms with van der Waals surface area (Å²) in [5, 5.41) is 7.85. The maximum absolute atomic E-state index is 5.79. The third-order valence-corrected chi connectivity index (χ3v) is 2.97. The molecule has 0 atom stereocenters. The Hall–Kier alpha value is -1.55. The molecule has 0 amide bonds. The minimum atomic E-state index is 0.114. The van der Waals surface area contributed by atoms with Crippen LogP contribution in [0, 0.1) is 13.8 Å². The van der Waals surface area contributed by atoms with E-state index in [1.54, 1.807) is 0 Å². The number of rotatable bonds is 4. The molecule has 0 saturated carbocycles. The van der Waals surface area contributed by atoms with Gasteiger partial charge in [0, 0.05) is 23.8 Å². The summed E-state index contributed by atoms with van der Waals surface area (Å²) in [7, 11) is 0. The van der Waals surface area contributed by atoms with Crippen LogP contribution in [0.5, 0.6) is 0 Å². The van der Waals surface area contributed by atoms with Gasteiger partial charge in [-0.15, -0.1) is 0 Å². The van der Waals surface area contributed by atoms with Crippen molar-refractivity contribution in [1.29, 1.82) is 0 Å². The maximum Gasteiger partial charge on any atom is 0.125 e. The Morgan fingerprint density at radius 2 is 2.05 bits per heavy atom. The van der Waals surface area contributed by atoms with Crippen molar-refractivity contribution in [2.24, 2.45) is 0 Å². The zero-order valence-electron chi connectivity index (χ0n) is 12.4. The van der Waals surface area contributed by atoms with Gasteiger partial charge in [0.05, 0.1) is 12.2 Å². The summed E-state index contributed by atoms with van der Waals surface area (Å²) in [4.78, 5) is 0. The van der Waals surface area contributed by atoms with Crippen LogP contribution < -0.4 is 5.32 Å². The lowest BCUT2D eigenvalue weighted by Gasteiger charge is -2.20. The molecular weight excluding hydrogens is 238 g/mol. The van der Waals surface area contributed by atoms with Crippen LogP contribution in [0.3, 0.4) is 0 Å². The van der Waals surface area contributed by atoms with Gasteiger partial charge in [-0.25, -0.2) is 0 Å². The topological polar surface area (TPSA) is 43.0 Å². The van der Waals surface area contributed by atoms with Crippen LogP contribution >= 0.6 is 0 Å². The van der Waals surface area contributed by atoms with E-state index in [1.807, 2.05) is 30.8 Å². The van der Waals surface area contributed by atoms with Crippen LogP contribution in [0.4, 0.5) is 0 Å². The average molecular weight is 261 g/mol. The van der Waals surface area contributed by atoms with Crippen molar-refractivity contribution in [1.82, 2.24) is 15.1 Å². The largest absolute Gasteiger partial charge is 0.464 e. The highest BCUT2D eigenvalue weighted by Crippen LogP contribution is 2.16. The van der Waals surface area contributed by atoms with E-state index < -0.39 is 0 Å². The zero-order chi connectivity index (χ0) is 14.0. The first-order valence-corrected chi connectivity index (χ1v) is 6.67. The minimum absolute atomic E-state index is 0.114. The molecule has 4 heteroatoms. The van der Waals surface area contributed by atoms with E-state index in [4.69, 9.17) is 4.42 Å². The fraction of sp³-hybridized carbons (Fsp3) is 0.533. The van der Waals surface area contributed by atoms with Crippen molar-refractivity contribution in [2.75, 3.05) is 0 Å². The van der Waals surface area contributed by atoms with Crippen molar-refractivity contribution in [3.05, 3.63) is 41.1 Å². The molecule has 0 unspecified atom stereocenters. The van der Waals surface area contributed by atoms with Crippen molar-refractivity contribution in [3.8, 4) is 0 Å². The summed E-state index contributed by atoms with van der Waals surface area (Å²) in [5.41, 5.74) is 2.36. The van der Waals surface area contributed by atoms with Gasteiger partial charge in [-0.2, -0.15) is 5.10 Å². The van der Waals surface area contributed by atoms with Gasteiger partial charge >= 0.3 is 0 Å². The van der Waals surface area contributed by atoms with Crippen LogP contribution in [-0.4, -0.2) is 15.3 Å². The quantitative estimate of drug-likeness (QED) is 0.920. The normalized spacial score (nSPS) is 12.1. The van der Waals surface area contributed by atoms with Crippen LogP contribution in [0.2, 0.25) is 0 Å². The third-order valence-electron chi connectivity index (χ3n) is 2.97. The molecule has 0 aromatic carbocycles. The Morgan fingerprint density at radius 3 is 2.63 bits per heavy atom. The summed E-state index contributed by atoms with van der Waals surface area (Å²) in [6, 6.07) is 4.11. The molecule has 0 radical (unpaired) electrons. The van der Waals surface area contributed by atoms with Crippen molar-refractivity contribution in [3.63, 3.8) is 0 Å². The fourth-order valence-corrected chi connectivity index (χ4v) is 1.91. The molecule has 2 aromatic rings. The molecule has 0 fully saturated rings. The van der Waals surface area contributed by atoms with Gasteiger partial charge in [-0.1, -0.05) is 0 Å². The molecule has 0 aliphatic heterocycles. The molecular formula is C15H23N3O. The molecule has 0 saturated heterocycles. The SMILES string of the molecule is Cc1ccn(Cc2cc(CNC(C)(C)C)c(C)o2)n1. The molecule has 104 valence electrons. The van der Waals surface area contributed by atoms with Gasteiger partial charge in [0.1, 0.15) is 11.5 Å². The number of aryl methyl sites for hydroxylation is 2. The Bertz CT molecular complexity index is 546. The van der Waals surface area contributed by atoms with Gasteiger partial charge in [0.2, 0.25) is 0 Å². The summed E-state index contributed by atoms with van der Waals surface area (Å²) in [6.45, 7) is 12.0. The second-order valence-corrected chi connectivity index (χ2v) is 6.05. The van der Waals surface area contributed by atoms with E-state index in [2.05, 4.69) is 37.3 Å². The molecule has 1 N–H and O–H groups in total. The van der Waals surface area contributed by atoms with Crippen LogP contribution in [-0.2, 0) is 13.1 Å². The van der Waals surface area contributed by atoms with Crippen molar-refractivity contribution in [2.45, 2.75) is 53.2 Å². The lowest BCUT2D eigenvalue weighted by Crippen LogP contribution is -2.35. The predicted octanol–water partition coefficient (Wildman–Crippen LogP) is 3.03. The highest BCUT2D eigenvalue weighted by Gasteiger charge is 2.12. The molecule has 2 rings (SSSR count). The van der Waals surface area contributed by atoms with Gasteiger partial charge in [0.25, 0.3) is 0 Å². The highest BCUT2D eigenvalue weighted by atomic mass is 16.3. The monoisotopic (exact) mass is 261 g/mol. The summed E-state index contributed by atoms with van der Waals surface area (Å²) >= 11 is 0. The molecule has 0 aliphatic rings. The number of hydrogen-bond acceptors (Lipinski definition) is 3. The van der Waals surface area contributed by atoms with Gasteiger partial charge < -0.3 is 9.73 Å². The van der Waals surface area contributed by atoms with E-state index in [0.717, 1.165) is 23.8 Å². The number of hydrogen-bond donors (Lipinski definition) is 1. The van der Waals surface area contributed by atoms with E-state index in [-0.39, 0.29) is 5.54 Å². The first-order valence-electron chi connectivity index (χ1n) is 6.67. The first kappa shape index (κ1) is 13.9. The van der Waals surface area contributed by atoms with E-state index in [9.17, 15) is 0 Å². The predicted molar refractivity (Wildman–Crippen MR) is 76.1 cm³/mol. The van der Waals surface area contributed by atoms with Gasteiger partial charge in [0.15, 0.2) is 0 Å². The van der Waals surface area contributed by atoms with Crippen molar-refractivity contribution < 1.29 is 4.42 Å². The molecule has 0 aliphatic carbocycles. The Morgan fingerprint density at radius 1 is 1.32 bits per heavy atom. The van der Waals surface area contributed by atoms with E-state index in [1.165, 1.54) is 5.56 Å². The molecule has 4 nitrogen and oxygen atoms in total. The lowest BCUT2D eigenvalue weighted by molar-refractivity contribution is 0.418. The van der Waals surface area contributed by atoms with E-state index >= 15 is 0 Å². The Labute approximate surface area is 114 Å². The van der Waals surface area contributed by atoms with Crippen LogP contribution in [0.1, 0.15) is 43.5 Å². The maximum atomic E-state index is 5.79. The second kappa shape index (κ2) is 5.21. The lowest BCUT2D eigenvalue weighted by atomic mass is 10.1. The fourth-order valence-electron chi connectivity index (χ4n) is 1.91. The number of nitrogens with one attached hydrogen (secondary N) is 1. The summed E-state index contributed by atoms with van der Waals surface area (Å²) < 4.78 is 7.69. The first-order chi connectivity index (χ1) is 8.83. The molecule has 19 heavy (non-hydrogen) atoms. The number of nitrogens with zero attached hydrogens (tertiary/aromatic N) is 2. The Kier molecular flexibility index (Phi) is 3.80. The molecule has 2 heterocycles. The standard InChI is InChI=1S/C15H23N3O/c1-11-6-7-18(17-11)10-14-8-13(12(2)19-14)9-16-15(3,4)5/h6-8,16H,9-10H2,1-5H3. The highest BCUT2D eigenvalue weighted by molar-refractivity contribution is 5.21. The van der Waals surface area contributed by atoms with Gasteiger partial charge in [-0.05, 0) is 46.8 Å². The molecule has 2 aromatic heterocycles. The Balaban J connectivity index is 2.04. The number of aromatic nitrogens is 2. The summed E-state index contributed by atoms with van der Waals surface area (Å²) in [6.07, 6.45) is 1.97. The smallest absolute Gasteiger partial charge is 0.125 e. The summed E-state index contributed by atoms with van der Waals surface area (Å²) in [5.74, 6) is 1.93.